The average Bonchev–Trinajstić information content (AvgIpc) is 2.39. The number of anilines is 2. The van der Waals surface area contributed by atoms with Crippen molar-refractivity contribution in [3.8, 4) is 0 Å². The molecule has 0 saturated carbocycles. The lowest BCUT2D eigenvalue weighted by atomic mass is 10.2. The number of piperidine rings is 1. The molecule has 5 heteroatoms. The summed E-state index contributed by atoms with van der Waals surface area (Å²) < 4.78 is 0. The first-order valence-electron chi connectivity index (χ1n) is 6.74. The predicted octanol–water partition coefficient (Wildman–Crippen LogP) is 2.13. The number of aromatic nitrogens is 2. The van der Waals surface area contributed by atoms with Crippen molar-refractivity contribution < 1.29 is 0 Å². The second-order valence-corrected chi connectivity index (χ2v) is 5.13. The van der Waals surface area contributed by atoms with E-state index in [4.69, 9.17) is 0 Å². The molecule has 1 aliphatic rings. The minimum Gasteiger partial charge on any atom is -0.369 e. The van der Waals surface area contributed by atoms with Crippen molar-refractivity contribution in [2.24, 2.45) is 0 Å². The zero-order valence-electron chi connectivity index (χ0n) is 11.6. The Morgan fingerprint density at radius 1 is 1.28 bits per heavy atom. The van der Waals surface area contributed by atoms with Crippen LogP contribution in [-0.2, 0) is 0 Å². The van der Waals surface area contributed by atoms with Crippen molar-refractivity contribution in [3.63, 3.8) is 0 Å². The summed E-state index contributed by atoms with van der Waals surface area (Å²) in [5.74, 6) is 0.857. The maximum atomic E-state index is 4.23. The second kappa shape index (κ2) is 6.00. The molecule has 1 aliphatic heterocycles. The summed E-state index contributed by atoms with van der Waals surface area (Å²) in [6.07, 6.45) is 5.58. The Balaban J connectivity index is 2.11. The molecule has 5 nitrogen and oxygen atoms in total. The number of nitrogens with zero attached hydrogens (tertiary/aromatic N) is 4. The van der Waals surface area contributed by atoms with Gasteiger partial charge in [-0.05, 0) is 32.8 Å². The first kappa shape index (κ1) is 13.1. The highest BCUT2D eigenvalue weighted by Crippen LogP contribution is 2.24. The smallest absolute Gasteiger partial charge is 0.186 e. The van der Waals surface area contributed by atoms with Crippen LogP contribution in [-0.4, -0.2) is 41.4 Å². The Morgan fingerprint density at radius 3 is 2.67 bits per heavy atom. The standard InChI is InChI=1S/C13H23N5/c1-11(2)17(3)12-7-8-14-15-13(12)16-18-9-5-4-6-10-18/h7-8,11H,4-6,9-10H2,1-3H3,(H,15,16). The van der Waals surface area contributed by atoms with Gasteiger partial charge in [-0.25, -0.2) is 5.01 Å². The van der Waals surface area contributed by atoms with Gasteiger partial charge in [0.1, 0.15) is 0 Å². The molecule has 1 saturated heterocycles. The minimum atomic E-state index is 0.441. The molecule has 0 amide bonds. The van der Waals surface area contributed by atoms with Crippen LogP contribution in [0.1, 0.15) is 33.1 Å². The average molecular weight is 249 g/mol. The molecule has 18 heavy (non-hydrogen) atoms. The third kappa shape index (κ3) is 3.10. The number of hydrazine groups is 1. The second-order valence-electron chi connectivity index (χ2n) is 5.13. The SMILES string of the molecule is CC(C)N(C)c1ccnnc1NN1CCCCC1. The summed E-state index contributed by atoms with van der Waals surface area (Å²) in [6, 6.07) is 2.45. The van der Waals surface area contributed by atoms with Crippen molar-refractivity contribution in [1.82, 2.24) is 15.2 Å². The first-order valence-corrected chi connectivity index (χ1v) is 6.74. The fourth-order valence-electron chi connectivity index (χ4n) is 2.12. The topological polar surface area (TPSA) is 44.3 Å². The Kier molecular flexibility index (Phi) is 4.36. The van der Waals surface area contributed by atoms with Gasteiger partial charge >= 0.3 is 0 Å². The van der Waals surface area contributed by atoms with E-state index in [0.29, 0.717) is 6.04 Å². The molecule has 1 aromatic rings. The number of nitrogens with one attached hydrogen (secondary N) is 1. The quantitative estimate of drug-likeness (QED) is 0.885. The lowest BCUT2D eigenvalue weighted by Gasteiger charge is -2.30. The molecule has 0 bridgehead atoms. The predicted molar refractivity (Wildman–Crippen MR) is 74.6 cm³/mol. The minimum absolute atomic E-state index is 0.441. The number of hydrogen-bond donors (Lipinski definition) is 1. The monoisotopic (exact) mass is 249 g/mol. The highest BCUT2D eigenvalue weighted by molar-refractivity contribution is 5.64. The first-order chi connectivity index (χ1) is 8.68. The lowest BCUT2D eigenvalue weighted by Crippen LogP contribution is -2.36. The Labute approximate surface area is 109 Å². The molecule has 0 aliphatic carbocycles. The highest BCUT2D eigenvalue weighted by Gasteiger charge is 2.15. The number of rotatable bonds is 4. The number of hydrogen-bond acceptors (Lipinski definition) is 5. The van der Waals surface area contributed by atoms with Gasteiger partial charge in [-0.3, -0.25) is 5.43 Å². The molecule has 1 aromatic heterocycles. The summed E-state index contributed by atoms with van der Waals surface area (Å²) in [5.41, 5.74) is 4.51. The van der Waals surface area contributed by atoms with Crippen molar-refractivity contribution in [2.45, 2.75) is 39.2 Å². The van der Waals surface area contributed by atoms with E-state index in [-0.39, 0.29) is 0 Å². The Bertz CT molecular complexity index is 373. The van der Waals surface area contributed by atoms with E-state index in [1.165, 1.54) is 19.3 Å². The summed E-state index contributed by atoms with van der Waals surface area (Å²) in [5, 5.41) is 10.5. The van der Waals surface area contributed by atoms with Gasteiger partial charge in [0.2, 0.25) is 0 Å². The molecule has 0 radical (unpaired) electrons. The van der Waals surface area contributed by atoms with Crippen molar-refractivity contribution in [1.29, 1.82) is 0 Å². The van der Waals surface area contributed by atoms with Gasteiger partial charge in [0.25, 0.3) is 0 Å². The van der Waals surface area contributed by atoms with Crippen LogP contribution in [0.25, 0.3) is 0 Å². The molecule has 100 valence electrons. The van der Waals surface area contributed by atoms with Crippen LogP contribution in [0.5, 0.6) is 0 Å². The van der Waals surface area contributed by atoms with Gasteiger partial charge in [-0.1, -0.05) is 6.42 Å². The summed E-state index contributed by atoms with van der Waals surface area (Å²) in [6.45, 7) is 6.51. The van der Waals surface area contributed by atoms with E-state index in [9.17, 15) is 0 Å². The van der Waals surface area contributed by atoms with Gasteiger partial charge < -0.3 is 4.90 Å². The van der Waals surface area contributed by atoms with Crippen LogP contribution in [0.15, 0.2) is 12.3 Å². The Morgan fingerprint density at radius 2 is 2.00 bits per heavy atom. The van der Waals surface area contributed by atoms with Crippen LogP contribution in [0.3, 0.4) is 0 Å². The molecule has 1 N–H and O–H groups in total. The van der Waals surface area contributed by atoms with E-state index in [2.05, 4.69) is 46.4 Å². The van der Waals surface area contributed by atoms with Gasteiger partial charge in [0.15, 0.2) is 5.82 Å². The van der Waals surface area contributed by atoms with Gasteiger partial charge in [0, 0.05) is 26.2 Å². The molecule has 0 atom stereocenters. The molecule has 2 heterocycles. The lowest BCUT2D eigenvalue weighted by molar-refractivity contribution is 0.272. The van der Waals surface area contributed by atoms with Crippen molar-refractivity contribution >= 4 is 11.5 Å². The normalized spacial score (nSPS) is 16.9. The van der Waals surface area contributed by atoms with E-state index in [1.54, 1.807) is 6.20 Å². The molecular weight excluding hydrogens is 226 g/mol. The Hall–Kier alpha value is -1.36. The highest BCUT2D eigenvalue weighted by atomic mass is 15.5. The third-order valence-electron chi connectivity index (χ3n) is 3.47. The van der Waals surface area contributed by atoms with Crippen LogP contribution < -0.4 is 10.3 Å². The zero-order valence-corrected chi connectivity index (χ0v) is 11.6. The van der Waals surface area contributed by atoms with Crippen LogP contribution >= 0.6 is 0 Å². The van der Waals surface area contributed by atoms with Gasteiger partial charge in [-0.2, -0.15) is 5.10 Å². The molecule has 2 rings (SSSR count). The van der Waals surface area contributed by atoms with Crippen molar-refractivity contribution in [2.75, 3.05) is 30.5 Å². The van der Waals surface area contributed by atoms with E-state index in [0.717, 1.165) is 24.6 Å². The van der Waals surface area contributed by atoms with E-state index >= 15 is 0 Å². The summed E-state index contributed by atoms with van der Waals surface area (Å²) in [4.78, 5) is 2.21. The summed E-state index contributed by atoms with van der Waals surface area (Å²) in [7, 11) is 2.09. The van der Waals surface area contributed by atoms with Crippen LogP contribution in [0, 0.1) is 0 Å². The van der Waals surface area contributed by atoms with E-state index in [1.807, 2.05) is 6.07 Å². The molecule has 0 unspecified atom stereocenters. The largest absolute Gasteiger partial charge is 0.369 e. The van der Waals surface area contributed by atoms with Crippen LogP contribution in [0.2, 0.25) is 0 Å². The van der Waals surface area contributed by atoms with E-state index < -0.39 is 0 Å². The molecule has 1 fully saturated rings. The fraction of sp³-hybridized carbons (Fsp3) is 0.692. The fourth-order valence-corrected chi connectivity index (χ4v) is 2.12. The van der Waals surface area contributed by atoms with Crippen LogP contribution in [0.4, 0.5) is 11.5 Å². The molecular formula is C13H23N5. The molecule has 0 spiro atoms. The van der Waals surface area contributed by atoms with Crippen molar-refractivity contribution in [3.05, 3.63) is 12.3 Å². The third-order valence-corrected chi connectivity index (χ3v) is 3.47. The molecule has 0 aromatic carbocycles. The van der Waals surface area contributed by atoms with Gasteiger partial charge in [0.05, 0.1) is 11.9 Å². The maximum Gasteiger partial charge on any atom is 0.186 e. The summed E-state index contributed by atoms with van der Waals surface area (Å²) >= 11 is 0. The maximum absolute atomic E-state index is 4.23. The zero-order chi connectivity index (χ0) is 13.0. The van der Waals surface area contributed by atoms with Gasteiger partial charge in [-0.15, -0.1) is 5.10 Å².